The van der Waals surface area contributed by atoms with E-state index in [-0.39, 0.29) is 0 Å². The maximum atomic E-state index is 11.4. The highest BCUT2D eigenvalue weighted by Gasteiger charge is 2.17. The van der Waals surface area contributed by atoms with E-state index in [1.54, 1.807) is 0 Å². The van der Waals surface area contributed by atoms with Crippen LogP contribution in [0.5, 0.6) is 0 Å². The first-order chi connectivity index (χ1) is 4.79. The van der Waals surface area contributed by atoms with Crippen molar-refractivity contribution in [2.24, 2.45) is 0 Å². The molecule has 0 spiro atoms. The van der Waals surface area contributed by atoms with Crippen molar-refractivity contribution in [1.29, 1.82) is 0 Å². The van der Waals surface area contributed by atoms with Gasteiger partial charge in [-0.1, -0.05) is 6.42 Å². The Labute approximate surface area is 58.5 Å². The third kappa shape index (κ3) is 2.58. The molecule has 0 heterocycles. The first kappa shape index (κ1) is 7.88. The fraction of sp³-hybridized carbons (Fsp3) is 1.00. The molecular weight excluding hydrogens is 140 g/mol. The van der Waals surface area contributed by atoms with Crippen molar-refractivity contribution in [2.45, 2.75) is 31.7 Å². The second kappa shape index (κ2) is 3.83. The lowest BCUT2D eigenvalue weighted by molar-refractivity contribution is -0.0580. The second-order valence-corrected chi connectivity index (χ2v) is 2.45. The van der Waals surface area contributed by atoms with Crippen LogP contribution in [0.3, 0.4) is 0 Å². The van der Waals surface area contributed by atoms with E-state index >= 15 is 0 Å². The van der Waals surface area contributed by atoms with Crippen molar-refractivity contribution < 1.29 is 13.6 Å². The van der Waals surface area contributed by atoms with Gasteiger partial charge >= 0.3 is 0 Å². The number of hydroxylamine groups is 1. The summed E-state index contributed by atoms with van der Waals surface area (Å²) in [6.45, 7) is -0.503. The Balaban J connectivity index is 1.85. The molecule has 2 nitrogen and oxygen atoms in total. The van der Waals surface area contributed by atoms with Crippen LogP contribution in [0.15, 0.2) is 0 Å². The Morgan fingerprint density at radius 3 is 2.60 bits per heavy atom. The molecule has 0 bridgehead atoms. The molecule has 1 aliphatic rings. The van der Waals surface area contributed by atoms with Crippen molar-refractivity contribution >= 4 is 0 Å². The van der Waals surface area contributed by atoms with Gasteiger partial charge in [0.25, 0.3) is 6.43 Å². The van der Waals surface area contributed by atoms with Crippen molar-refractivity contribution in [3.8, 4) is 0 Å². The number of rotatable bonds is 4. The highest BCUT2D eigenvalue weighted by atomic mass is 19.3. The van der Waals surface area contributed by atoms with E-state index in [0.717, 1.165) is 12.8 Å². The normalized spacial score (nSPS) is 19.5. The summed E-state index contributed by atoms with van der Waals surface area (Å²) < 4.78 is 22.9. The molecule has 0 aromatic rings. The van der Waals surface area contributed by atoms with Crippen LogP contribution in [0, 0.1) is 0 Å². The standard InChI is InChI=1S/C6H11F2NO/c7-6(8)4-10-9-5-2-1-3-5/h5-6,9H,1-4H2. The predicted molar refractivity (Wildman–Crippen MR) is 32.7 cm³/mol. The van der Waals surface area contributed by atoms with Crippen molar-refractivity contribution in [1.82, 2.24) is 5.48 Å². The molecule has 1 saturated carbocycles. The van der Waals surface area contributed by atoms with E-state index in [9.17, 15) is 8.78 Å². The molecule has 1 aliphatic carbocycles. The van der Waals surface area contributed by atoms with Gasteiger partial charge in [0.15, 0.2) is 0 Å². The van der Waals surface area contributed by atoms with Gasteiger partial charge in [-0.05, 0) is 12.8 Å². The highest BCUT2D eigenvalue weighted by Crippen LogP contribution is 2.17. The van der Waals surface area contributed by atoms with Crippen LogP contribution in [0.4, 0.5) is 8.78 Å². The van der Waals surface area contributed by atoms with Crippen molar-refractivity contribution in [2.75, 3.05) is 6.61 Å². The zero-order chi connectivity index (χ0) is 7.40. The van der Waals surface area contributed by atoms with Crippen LogP contribution in [0.1, 0.15) is 19.3 Å². The van der Waals surface area contributed by atoms with Gasteiger partial charge in [-0.15, -0.1) is 0 Å². The number of halogens is 2. The Morgan fingerprint density at radius 2 is 2.20 bits per heavy atom. The van der Waals surface area contributed by atoms with Crippen LogP contribution in [0.25, 0.3) is 0 Å². The molecule has 0 radical (unpaired) electrons. The predicted octanol–water partition coefficient (Wildman–Crippen LogP) is 1.33. The maximum absolute atomic E-state index is 11.4. The third-order valence-electron chi connectivity index (χ3n) is 1.56. The molecule has 0 amide bonds. The van der Waals surface area contributed by atoms with E-state index in [4.69, 9.17) is 0 Å². The van der Waals surface area contributed by atoms with Crippen LogP contribution >= 0.6 is 0 Å². The number of nitrogens with one attached hydrogen (secondary N) is 1. The lowest BCUT2D eigenvalue weighted by Gasteiger charge is -2.25. The quantitative estimate of drug-likeness (QED) is 0.612. The van der Waals surface area contributed by atoms with E-state index < -0.39 is 13.0 Å². The van der Waals surface area contributed by atoms with E-state index in [0.29, 0.717) is 6.04 Å². The minimum Gasteiger partial charge on any atom is -0.296 e. The van der Waals surface area contributed by atoms with Crippen LogP contribution in [-0.2, 0) is 4.84 Å². The molecule has 0 aromatic heterocycles. The van der Waals surface area contributed by atoms with E-state index in [1.807, 2.05) is 0 Å². The second-order valence-electron chi connectivity index (χ2n) is 2.45. The van der Waals surface area contributed by atoms with Crippen LogP contribution in [0.2, 0.25) is 0 Å². The average Bonchev–Trinajstić information content (AvgIpc) is 1.75. The highest BCUT2D eigenvalue weighted by molar-refractivity contribution is 4.72. The third-order valence-corrected chi connectivity index (χ3v) is 1.56. The molecule has 60 valence electrons. The molecule has 10 heavy (non-hydrogen) atoms. The molecule has 1 fully saturated rings. The molecule has 1 N–H and O–H groups in total. The van der Waals surface area contributed by atoms with Gasteiger partial charge in [-0.25, -0.2) is 8.78 Å². The lowest BCUT2D eigenvalue weighted by Crippen LogP contribution is -2.36. The molecule has 1 rings (SSSR count). The molecular formula is C6H11F2NO. The molecule has 0 unspecified atom stereocenters. The molecule has 0 aromatic carbocycles. The largest absolute Gasteiger partial charge is 0.296 e. The Hall–Kier alpha value is -0.220. The van der Waals surface area contributed by atoms with Crippen molar-refractivity contribution in [3.63, 3.8) is 0 Å². The molecule has 4 heteroatoms. The summed E-state index contributed by atoms with van der Waals surface area (Å²) in [5.41, 5.74) is 2.57. The summed E-state index contributed by atoms with van der Waals surface area (Å²) in [4.78, 5) is 4.50. The first-order valence-corrected chi connectivity index (χ1v) is 3.44. The fourth-order valence-corrected chi connectivity index (χ4v) is 0.755. The van der Waals surface area contributed by atoms with Crippen LogP contribution in [-0.4, -0.2) is 19.1 Å². The summed E-state index contributed by atoms with van der Waals surface area (Å²) in [6, 6.07) is 0.318. The van der Waals surface area contributed by atoms with Gasteiger partial charge in [0.2, 0.25) is 0 Å². The fourth-order valence-electron chi connectivity index (χ4n) is 0.755. The topological polar surface area (TPSA) is 21.3 Å². The lowest BCUT2D eigenvalue weighted by atomic mass is 9.94. The number of hydrogen-bond donors (Lipinski definition) is 1. The number of alkyl halides is 2. The zero-order valence-electron chi connectivity index (χ0n) is 5.65. The van der Waals surface area contributed by atoms with Gasteiger partial charge in [-0.2, -0.15) is 5.48 Å². The van der Waals surface area contributed by atoms with Gasteiger partial charge in [0.1, 0.15) is 6.61 Å². The van der Waals surface area contributed by atoms with Crippen LogP contribution < -0.4 is 5.48 Å². The zero-order valence-corrected chi connectivity index (χ0v) is 5.65. The average molecular weight is 151 g/mol. The Bertz CT molecular complexity index is 95.7. The van der Waals surface area contributed by atoms with Gasteiger partial charge in [-0.3, -0.25) is 4.84 Å². The van der Waals surface area contributed by atoms with E-state index in [2.05, 4.69) is 10.3 Å². The molecule has 0 atom stereocenters. The minimum atomic E-state index is -2.37. The maximum Gasteiger partial charge on any atom is 0.263 e. The summed E-state index contributed by atoms with van der Waals surface area (Å²) in [6.07, 6.45) is 0.898. The monoisotopic (exact) mass is 151 g/mol. The van der Waals surface area contributed by atoms with E-state index in [1.165, 1.54) is 6.42 Å². The minimum absolute atomic E-state index is 0.318. The van der Waals surface area contributed by atoms with Crippen molar-refractivity contribution in [3.05, 3.63) is 0 Å². The first-order valence-electron chi connectivity index (χ1n) is 3.44. The van der Waals surface area contributed by atoms with Gasteiger partial charge in [0.05, 0.1) is 0 Å². The number of hydrogen-bond acceptors (Lipinski definition) is 2. The van der Waals surface area contributed by atoms with Gasteiger partial charge in [0, 0.05) is 6.04 Å². The SMILES string of the molecule is FC(F)CONC1CCC1. The molecule has 0 saturated heterocycles. The smallest absolute Gasteiger partial charge is 0.263 e. The summed E-state index contributed by atoms with van der Waals surface area (Å²) in [7, 11) is 0. The summed E-state index contributed by atoms with van der Waals surface area (Å²) in [5, 5.41) is 0. The molecule has 0 aliphatic heterocycles. The Morgan fingerprint density at radius 1 is 1.50 bits per heavy atom. The van der Waals surface area contributed by atoms with Gasteiger partial charge < -0.3 is 0 Å². The Kier molecular flexibility index (Phi) is 3.02. The summed E-state index contributed by atoms with van der Waals surface area (Å²) >= 11 is 0. The summed E-state index contributed by atoms with van der Waals surface area (Å²) in [5.74, 6) is 0.